The average Bonchev–Trinajstić information content (AvgIpc) is 3.24. The Morgan fingerprint density at radius 1 is 1.06 bits per heavy atom. The van der Waals surface area contributed by atoms with Crippen LogP contribution in [0.1, 0.15) is 23.6 Å². The number of nitrogens with one attached hydrogen (secondary N) is 2. The molecule has 0 radical (unpaired) electrons. The van der Waals surface area contributed by atoms with Gasteiger partial charge in [-0.25, -0.2) is 14.0 Å². The fraction of sp³-hybridized carbons (Fsp3) is 0.292. The molecular formula is C24H24FN3O8. The highest BCUT2D eigenvalue weighted by Crippen LogP contribution is 2.42. The lowest BCUT2D eigenvalue weighted by Gasteiger charge is -2.30. The summed E-state index contributed by atoms with van der Waals surface area (Å²) in [7, 11) is 1.25. The molecular weight excluding hydrogens is 477 g/mol. The molecule has 1 saturated heterocycles. The zero-order chi connectivity index (χ0) is 26.4. The van der Waals surface area contributed by atoms with Crippen molar-refractivity contribution in [1.29, 1.82) is 0 Å². The minimum atomic E-state index is -1.52. The number of amides is 3. The predicted molar refractivity (Wildman–Crippen MR) is 122 cm³/mol. The van der Waals surface area contributed by atoms with Crippen LogP contribution in [-0.2, 0) is 30.3 Å². The van der Waals surface area contributed by atoms with E-state index in [4.69, 9.17) is 0 Å². The van der Waals surface area contributed by atoms with Crippen LogP contribution in [0.15, 0.2) is 48.5 Å². The number of carboxylic acid groups (broad SMARTS) is 2. The van der Waals surface area contributed by atoms with E-state index in [9.17, 15) is 38.6 Å². The fourth-order valence-corrected chi connectivity index (χ4v) is 4.16. The lowest BCUT2D eigenvalue weighted by molar-refractivity contribution is -0.149. The number of methoxy groups -OCH3 is 1. The molecule has 0 bridgehead atoms. The van der Waals surface area contributed by atoms with Crippen LogP contribution >= 0.6 is 0 Å². The number of ether oxygens (including phenoxy) is 1. The van der Waals surface area contributed by atoms with Gasteiger partial charge in [-0.1, -0.05) is 30.3 Å². The van der Waals surface area contributed by atoms with E-state index in [0.29, 0.717) is 11.3 Å². The maximum atomic E-state index is 14.5. The largest absolute Gasteiger partial charge is 0.481 e. The van der Waals surface area contributed by atoms with Gasteiger partial charge in [-0.3, -0.25) is 14.4 Å². The lowest BCUT2D eigenvalue weighted by Crippen LogP contribution is -2.47. The second kappa shape index (κ2) is 11.3. The summed E-state index contributed by atoms with van der Waals surface area (Å²) in [5.74, 6) is -6.32. The summed E-state index contributed by atoms with van der Waals surface area (Å²) in [6.45, 7) is -0.672. The summed E-state index contributed by atoms with van der Waals surface area (Å²) in [6, 6.07) is 7.86. The van der Waals surface area contributed by atoms with E-state index in [1.165, 1.54) is 31.4 Å². The van der Waals surface area contributed by atoms with Crippen LogP contribution in [0, 0.1) is 11.7 Å². The molecule has 4 N–H and O–H groups in total. The molecule has 3 amide bonds. The van der Waals surface area contributed by atoms with Crippen molar-refractivity contribution in [3.8, 4) is 0 Å². The van der Waals surface area contributed by atoms with Gasteiger partial charge in [0.2, 0.25) is 5.91 Å². The first-order valence-electron chi connectivity index (χ1n) is 10.8. The number of rotatable bonds is 8. The molecule has 1 heterocycles. The summed E-state index contributed by atoms with van der Waals surface area (Å²) in [5, 5.41) is 24.1. The van der Waals surface area contributed by atoms with Gasteiger partial charge in [-0.15, -0.1) is 0 Å². The van der Waals surface area contributed by atoms with Crippen molar-refractivity contribution in [3.63, 3.8) is 0 Å². The number of urea groups is 1. The first-order chi connectivity index (χ1) is 17.1. The van der Waals surface area contributed by atoms with Crippen molar-refractivity contribution in [3.05, 3.63) is 65.5 Å². The highest BCUT2D eigenvalue weighted by molar-refractivity contribution is 5.94. The topological polar surface area (TPSA) is 162 Å². The number of carboxylic acids is 2. The molecule has 190 valence electrons. The normalized spacial score (nSPS) is 18.8. The van der Waals surface area contributed by atoms with E-state index in [0.717, 1.165) is 11.0 Å². The lowest BCUT2D eigenvalue weighted by atomic mass is 9.93. The molecule has 2 aromatic carbocycles. The number of benzene rings is 2. The first-order valence-corrected chi connectivity index (χ1v) is 10.8. The van der Waals surface area contributed by atoms with Gasteiger partial charge in [0.05, 0.1) is 32.0 Å². The Morgan fingerprint density at radius 3 is 2.42 bits per heavy atom. The summed E-state index contributed by atoms with van der Waals surface area (Å²) in [4.78, 5) is 61.3. The molecule has 36 heavy (non-hydrogen) atoms. The summed E-state index contributed by atoms with van der Waals surface area (Å²) >= 11 is 0. The van der Waals surface area contributed by atoms with Gasteiger partial charge >= 0.3 is 23.9 Å². The Morgan fingerprint density at radius 2 is 1.78 bits per heavy atom. The molecule has 1 aliphatic rings. The molecule has 3 atom stereocenters. The number of likely N-dealkylation sites (tertiary alicyclic amines) is 1. The molecule has 0 spiro atoms. The van der Waals surface area contributed by atoms with E-state index >= 15 is 0 Å². The third-order valence-electron chi connectivity index (χ3n) is 5.77. The van der Waals surface area contributed by atoms with Crippen molar-refractivity contribution < 1.29 is 43.3 Å². The van der Waals surface area contributed by atoms with Crippen LogP contribution in [0.25, 0.3) is 0 Å². The van der Waals surface area contributed by atoms with Crippen LogP contribution in [0.5, 0.6) is 0 Å². The minimum Gasteiger partial charge on any atom is -0.481 e. The van der Waals surface area contributed by atoms with Crippen molar-refractivity contribution in [2.75, 3.05) is 19.0 Å². The average molecular weight is 501 g/mol. The molecule has 3 unspecified atom stereocenters. The number of carbonyl (C=O) groups excluding carboxylic acids is 3. The van der Waals surface area contributed by atoms with Gasteiger partial charge in [-0.2, -0.15) is 0 Å². The van der Waals surface area contributed by atoms with Crippen molar-refractivity contribution in [1.82, 2.24) is 10.2 Å². The number of anilines is 1. The maximum absolute atomic E-state index is 14.5. The molecule has 0 aromatic heterocycles. The predicted octanol–water partition coefficient (Wildman–Crippen LogP) is 1.79. The van der Waals surface area contributed by atoms with Crippen LogP contribution in [-0.4, -0.2) is 64.7 Å². The summed E-state index contributed by atoms with van der Waals surface area (Å²) < 4.78 is 19.1. The Kier molecular flexibility index (Phi) is 8.20. The zero-order valence-electron chi connectivity index (χ0n) is 19.1. The molecule has 1 aliphatic heterocycles. The number of nitrogens with zero attached hydrogens (tertiary/aromatic N) is 1. The number of hydrogen-bond donors (Lipinski definition) is 4. The third kappa shape index (κ3) is 5.95. The number of esters is 1. The number of aliphatic carboxylic acids is 2. The van der Waals surface area contributed by atoms with Gasteiger partial charge in [0.25, 0.3) is 0 Å². The van der Waals surface area contributed by atoms with Crippen LogP contribution in [0.2, 0.25) is 0 Å². The standard InChI is InChI=1S/C24H24FN3O8/c1-36-20(30)10-13-5-4-6-14(9-13)27-24(35)26-12-19(29)28-18(23(33)34)11-16(22(31)32)21(28)15-7-2-3-8-17(15)25/h2-9,16,18,21H,10-12H2,1H3,(H,31,32)(H,33,34)(H2,26,27,35). The monoisotopic (exact) mass is 501 g/mol. The number of carbonyl (C=O) groups is 5. The Bertz CT molecular complexity index is 1190. The van der Waals surface area contributed by atoms with E-state index in [-0.39, 0.29) is 12.0 Å². The Balaban J connectivity index is 1.75. The van der Waals surface area contributed by atoms with E-state index in [1.54, 1.807) is 18.2 Å². The number of halogens is 1. The molecule has 12 heteroatoms. The van der Waals surface area contributed by atoms with Crippen molar-refractivity contribution in [2.45, 2.75) is 24.9 Å². The molecule has 2 aromatic rings. The molecule has 11 nitrogen and oxygen atoms in total. The third-order valence-corrected chi connectivity index (χ3v) is 5.77. The van der Waals surface area contributed by atoms with Gasteiger partial charge in [0.1, 0.15) is 11.9 Å². The van der Waals surface area contributed by atoms with Crippen molar-refractivity contribution >= 4 is 35.5 Å². The highest BCUT2D eigenvalue weighted by atomic mass is 19.1. The van der Waals surface area contributed by atoms with Crippen LogP contribution in [0.4, 0.5) is 14.9 Å². The Hall–Kier alpha value is -4.48. The second-order valence-corrected chi connectivity index (χ2v) is 8.06. The van der Waals surface area contributed by atoms with Gasteiger partial charge in [0.15, 0.2) is 0 Å². The summed E-state index contributed by atoms with van der Waals surface area (Å²) in [6.07, 6.45) is -0.436. The van der Waals surface area contributed by atoms with E-state index in [2.05, 4.69) is 15.4 Å². The van der Waals surface area contributed by atoms with E-state index < -0.39 is 66.6 Å². The molecule has 0 aliphatic carbocycles. The van der Waals surface area contributed by atoms with E-state index in [1.807, 2.05) is 0 Å². The smallest absolute Gasteiger partial charge is 0.326 e. The zero-order valence-corrected chi connectivity index (χ0v) is 19.1. The molecule has 0 saturated carbocycles. The fourth-order valence-electron chi connectivity index (χ4n) is 4.16. The number of hydrogen-bond acceptors (Lipinski definition) is 6. The second-order valence-electron chi connectivity index (χ2n) is 8.06. The SMILES string of the molecule is COC(=O)Cc1cccc(NC(=O)NCC(=O)N2C(C(=O)O)CC(C(=O)O)C2c2ccccc2F)c1. The van der Waals surface area contributed by atoms with Gasteiger partial charge in [-0.05, 0) is 30.2 Å². The first kappa shape index (κ1) is 26.1. The van der Waals surface area contributed by atoms with Crippen molar-refractivity contribution in [2.24, 2.45) is 5.92 Å². The molecule has 3 rings (SSSR count). The quantitative estimate of drug-likeness (QED) is 0.398. The highest BCUT2D eigenvalue weighted by Gasteiger charge is 2.51. The summed E-state index contributed by atoms with van der Waals surface area (Å²) in [5.41, 5.74) is 0.763. The minimum absolute atomic E-state index is 0.0140. The van der Waals surface area contributed by atoms with Gasteiger partial charge in [0, 0.05) is 11.3 Å². The van der Waals surface area contributed by atoms with Gasteiger partial charge < -0.3 is 30.5 Å². The van der Waals surface area contributed by atoms with Crippen LogP contribution < -0.4 is 10.6 Å². The molecule has 1 fully saturated rings. The Labute approximate surface area is 204 Å². The maximum Gasteiger partial charge on any atom is 0.326 e. The van der Waals surface area contributed by atoms with Crippen LogP contribution in [0.3, 0.4) is 0 Å².